The fourth-order valence-electron chi connectivity index (χ4n) is 1.52. The Bertz CT molecular complexity index is 661. The lowest BCUT2D eigenvalue weighted by Crippen LogP contribution is -2.03. The van der Waals surface area contributed by atoms with Gasteiger partial charge in [-0.2, -0.15) is 0 Å². The lowest BCUT2D eigenvalue weighted by molar-refractivity contribution is -0.132. The molecule has 0 saturated carbocycles. The quantitative estimate of drug-likeness (QED) is 0.532. The number of esters is 1. The van der Waals surface area contributed by atoms with Gasteiger partial charge < -0.3 is 15.2 Å². The molecule has 0 aromatic heterocycles. The molecule has 2 aromatic carbocycles. The number of benzene rings is 2. The smallest absolute Gasteiger partial charge is 0.308 e. The van der Waals surface area contributed by atoms with E-state index in [2.05, 4.69) is 0 Å². The molecule has 0 heterocycles. The molecule has 104 valence electrons. The van der Waals surface area contributed by atoms with Gasteiger partial charge in [-0.05, 0) is 30.3 Å². The monoisotopic (exact) mass is 295 g/mol. The Morgan fingerprint density at radius 3 is 2.50 bits per heavy atom. The Kier molecular flexibility index (Phi) is 4.10. The summed E-state index contributed by atoms with van der Waals surface area (Å²) in [7, 11) is 0. The second-order valence-corrected chi connectivity index (χ2v) is 4.38. The Morgan fingerprint density at radius 1 is 1.15 bits per heavy atom. The van der Waals surface area contributed by atoms with Crippen LogP contribution in [0.15, 0.2) is 36.4 Å². The van der Waals surface area contributed by atoms with Crippen LogP contribution in [0, 0.1) is 5.82 Å². The van der Waals surface area contributed by atoms with Gasteiger partial charge in [0, 0.05) is 18.7 Å². The molecule has 0 spiro atoms. The van der Waals surface area contributed by atoms with Crippen molar-refractivity contribution in [1.29, 1.82) is 0 Å². The fourth-order valence-corrected chi connectivity index (χ4v) is 1.75. The number of halogens is 2. The lowest BCUT2D eigenvalue weighted by Gasteiger charge is -2.12. The number of anilines is 1. The molecular formula is C14H11ClFNO3. The highest BCUT2D eigenvalue weighted by atomic mass is 35.5. The molecule has 0 aliphatic rings. The van der Waals surface area contributed by atoms with E-state index in [0.29, 0.717) is 5.69 Å². The molecule has 2 N–H and O–H groups in total. The van der Waals surface area contributed by atoms with E-state index < -0.39 is 11.8 Å². The lowest BCUT2D eigenvalue weighted by atomic mass is 10.3. The third-order valence-electron chi connectivity index (χ3n) is 2.34. The van der Waals surface area contributed by atoms with Crippen molar-refractivity contribution < 1.29 is 18.7 Å². The van der Waals surface area contributed by atoms with Gasteiger partial charge in [0.2, 0.25) is 0 Å². The zero-order valence-electron chi connectivity index (χ0n) is 10.5. The molecule has 6 heteroatoms. The first kappa shape index (κ1) is 14.1. The van der Waals surface area contributed by atoms with Crippen LogP contribution in [-0.4, -0.2) is 5.97 Å². The van der Waals surface area contributed by atoms with Crippen LogP contribution in [0.1, 0.15) is 6.92 Å². The van der Waals surface area contributed by atoms with Crippen LogP contribution in [-0.2, 0) is 4.79 Å². The van der Waals surface area contributed by atoms with Crippen molar-refractivity contribution in [2.45, 2.75) is 6.92 Å². The third kappa shape index (κ3) is 3.39. The summed E-state index contributed by atoms with van der Waals surface area (Å²) in [4.78, 5) is 11.0. The minimum Gasteiger partial charge on any atom is -0.452 e. The number of nitrogens with two attached hydrogens (primary N) is 1. The maximum atomic E-state index is 13.3. The Hall–Kier alpha value is -2.27. The number of rotatable bonds is 3. The average Bonchev–Trinajstić information content (AvgIpc) is 2.35. The van der Waals surface area contributed by atoms with E-state index in [9.17, 15) is 9.18 Å². The highest BCUT2D eigenvalue weighted by molar-refractivity contribution is 6.32. The largest absolute Gasteiger partial charge is 0.452 e. The van der Waals surface area contributed by atoms with Crippen molar-refractivity contribution in [2.75, 3.05) is 5.73 Å². The maximum absolute atomic E-state index is 13.3. The summed E-state index contributed by atoms with van der Waals surface area (Å²) in [6.07, 6.45) is 0. The summed E-state index contributed by atoms with van der Waals surface area (Å²) in [5, 5.41) is 0.267. The van der Waals surface area contributed by atoms with Crippen LogP contribution >= 0.6 is 11.6 Å². The first-order valence-electron chi connectivity index (χ1n) is 5.66. The second kappa shape index (κ2) is 5.79. The maximum Gasteiger partial charge on any atom is 0.308 e. The van der Waals surface area contributed by atoms with Crippen molar-refractivity contribution in [3.63, 3.8) is 0 Å². The van der Waals surface area contributed by atoms with Gasteiger partial charge >= 0.3 is 5.97 Å². The van der Waals surface area contributed by atoms with Crippen molar-refractivity contribution in [3.05, 3.63) is 47.2 Å². The van der Waals surface area contributed by atoms with E-state index in [1.807, 2.05) is 0 Å². The molecule has 0 radical (unpaired) electrons. The summed E-state index contributed by atoms with van der Waals surface area (Å²) in [5.74, 6) is -0.633. The molecule has 0 bridgehead atoms. The highest BCUT2D eigenvalue weighted by Crippen LogP contribution is 2.36. The number of hydrogen-bond donors (Lipinski definition) is 1. The summed E-state index contributed by atoms with van der Waals surface area (Å²) in [5.41, 5.74) is 6.05. The van der Waals surface area contributed by atoms with Gasteiger partial charge in [-0.1, -0.05) is 11.6 Å². The topological polar surface area (TPSA) is 61.5 Å². The van der Waals surface area contributed by atoms with Crippen LogP contribution in [0.3, 0.4) is 0 Å². The van der Waals surface area contributed by atoms with Crippen LogP contribution < -0.4 is 15.2 Å². The molecule has 0 amide bonds. The van der Waals surface area contributed by atoms with E-state index in [-0.39, 0.29) is 22.3 Å². The summed E-state index contributed by atoms with van der Waals surface area (Å²) < 4.78 is 23.7. The van der Waals surface area contributed by atoms with Crippen LogP contribution in [0.5, 0.6) is 17.2 Å². The SMILES string of the molecule is CC(=O)Oc1ccc(F)cc1Oc1ccc(N)cc1Cl. The van der Waals surface area contributed by atoms with Gasteiger partial charge in [-0.25, -0.2) is 4.39 Å². The number of carbonyl (C=O) groups is 1. The second-order valence-electron chi connectivity index (χ2n) is 3.98. The molecule has 0 aliphatic heterocycles. The predicted octanol–water partition coefficient (Wildman–Crippen LogP) is 3.78. The van der Waals surface area contributed by atoms with Gasteiger partial charge in [-0.15, -0.1) is 0 Å². The van der Waals surface area contributed by atoms with E-state index in [1.165, 1.54) is 19.1 Å². The molecule has 0 saturated heterocycles. The van der Waals surface area contributed by atoms with Crippen LogP contribution in [0.2, 0.25) is 5.02 Å². The Labute approximate surface area is 119 Å². The number of nitrogen functional groups attached to an aromatic ring is 1. The van der Waals surface area contributed by atoms with E-state index >= 15 is 0 Å². The molecule has 2 aromatic rings. The zero-order chi connectivity index (χ0) is 14.7. The van der Waals surface area contributed by atoms with Gasteiger partial charge in [0.25, 0.3) is 0 Å². The first-order valence-corrected chi connectivity index (χ1v) is 6.04. The molecule has 0 atom stereocenters. The van der Waals surface area contributed by atoms with Crippen molar-refractivity contribution >= 4 is 23.3 Å². The molecule has 4 nitrogen and oxygen atoms in total. The normalized spacial score (nSPS) is 10.2. The van der Waals surface area contributed by atoms with Crippen LogP contribution in [0.25, 0.3) is 0 Å². The van der Waals surface area contributed by atoms with Crippen molar-refractivity contribution in [3.8, 4) is 17.2 Å². The van der Waals surface area contributed by atoms with Gasteiger partial charge in [-0.3, -0.25) is 4.79 Å². The van der Waals surface area contributed by atoms with E-state index in [0.717, 1.165) is 12.1 Å². The van der Waals surface area contributed by atoms with E-state index in [4.69, 9.17) is 26.8 Å². The number of ether oxygens (including phenoxy) is 2. The molecule has 0 unspecified atom stereocenters. The predicted molar refractivity (Wildman–Crippen MR) is 73.6 cm³/mol. The van der Waals surface area contributed by atoms with E-state index in [1.54, 1.807) is 12.1 Å². The van der Waals surface area contributed by atoms with Crippen molar-refractivity contribution in [2.24, 2.45) is 0 Å². The van der Waals surface area contributed by atoms with Crippen LogP contribution in [0.4, 0.5) is 10.1 Å². The van der Waals surface area contributed by atoms with Gasteiger partial charge in [0.15, 0.2) is 11.5 Å². The summed E-state index contributed by atoms with van der Waals surface area (Å²) in [6.45, 7) is 1.24. The van der Waals surface area contributed by atoms with Crippen molar-refractivity contribution in [1.82, 2.24) is 0 Å². The fraction of sp³-hybridized carbons (Fsp3) is 0.0714. The summed E-state index contributed by atoms with van der Waals surface area (Å²) >= 11 is 5.97. The Morgan fingerprint density at radius 2 is 1.85 bits per heavy atom. The molecule has 20 heavy (non-hydrogen) atoms. The third-order valence-corrected chi connectivity index (χ3v) is 2.63. The standard InChI is InChI=1S/C14H11ClFNO3/c1-8(18)19-13-4-2-9(16)6-14(13)20-12-5-3-10(17)7-11(12)15/h2-7H,17H2,1H3. The minimum atomic E-state index is -0.537. The molecular weight excluding hydrogens is 285 g/mol. The zero-order valence-corrected chi connectivity index (χ0v) is 11.3. The number of hydrogen-bond acceptors (Lipinski definition) is 4. The first-order chi connectivity index (χ1) is 9.45. The number of carbonyl (C=O) groups excluding carboxylic acids is 1. The van der Waals surface area contributed by atoms with Gasteiger partial charge in [0.05, 0.1) is 5.02 Å². The average molecular weight is 296 g/mol. The molecule has 0 fully saturated rings. The minimum absolute atomic E-state index is 0.0480. The van der Waals surface area contributed by atoms with Gasteiger partial charge in [0.1, 0.15) is 11.6 Å². The highest BCUT2D eigenvalue weighted by Gasteiger charge is 2.12. The molecule has 0 aliphatic carbocycles. The summed E-state index contributed by atoms with van der Waals surface area (Å²) in [6, 6.07) is 8.20. The Balaban J connectivity index is 2.36. The molecule has 2 rings (SSSR count).